The third kappa shape index (κ3) is 14.6. The molecular weight excluding hydrogens is 1120 g/mol. The number of amides is 4. The molecule has 0 fully saturated rings. The van der Waals surface area contributed by atoms with E-state index in [1.165, 1.54) is 11.0 Å². The number of hydrogen-bond acceptors (Lipinski definition) is 19. The summed E-state index contributed by atoms with van der Waals surface area (Å²) in [6.07, 6.45) is 3.32. The number of fused-ring (bicyclic) bond motifs is 4. The minimum atomic E-state index is -1.95. The molecule has 6 heterocycles. The molecule has 0 atom stereocenters. The van der Waals surface area contributed by atoms with Crippen molar-refractivity contribution in [2.75, 3.05) is 81.8 Å². The van der Waals surface area contributed by atoms with Gasteiger partial charge in [0.25, 0.3) is 0 Å². The first-order valence-electron chi connectivity index (χ1n) is 25.3. The number of carbonyl (C=O) groups is 2. The Morgan fingerprint density at radius 1 is 0.610 bits per heavy atom. The minimum absolute atomic E-state index is 0. The van der Waals surface area contributed by atoms with Gasteiger partial charge >= 0.3 is 12.1 Å². The predicted molar refractivity (Wildman–Crippen MR) is 315 cm³/mol. The van der Waals surface area contributed by atoms with E-state index in [2.05, 4.69) is 64.8 Å². The van der Waals surface area contributed by atoms with Crippen molar-refractivity contribution >= 4 is 90.0 Å². The largest absolute Gasteiger partial charge is 0.493 e. The summed E-state index contributed by atoms with van der Waals surface area (Å²) < 4.78 is 62.2. The maximum Gasteiger partial charge on any atom is 0.327 e. The molecule has 0 spiro atoms. The minimum Gasteiger partial charge on any atom is -0.493 e. The molecule has 0 radical (unpaired) electrons. The molecule has 0 aliphatic carbocycles. The van der Waals surface area contributed by atoms with Crippen LogP contribution in [-0.2, 0) is 17.6 Å². The van der Waals surface area contributed by atoms with Crippen molar-refractivity contribution in [1.82, 2.24) is 20.3 Å². The molecule has 82 heavy (non-hydrogen) atoms. The molecule has 2 aliphatic heterocycles. The van der Waals surface area contributed by atoms with Gasteiger partial charge in [0.1, 0.15) is 54.3 Å². The van der Waals surface area contributed by atoms with Gasteiger partial charge in [-0.3, -0.25) is 30.4 Å². The maximum absolute atomic E-state index is 13.2. The number of benzene rings is 4. The van der Waals surface area contributed by atoms with E-state index in [0.717, 1.165) is 10.8 Å². The van der Waals surface area contributed by atoms with Crippen molar-refractivity contribution in [2.45, 2.75) is 59.0 Å². The second-order valence-corrected chi connectivity index (χ2v) is 24.1. The number of halogens is 2. The zero-order chi connectivity index (χ0) is 57.1. The van der Waals surface area contributed by atoms with Crippen LogP contribution in [0.1, 0.15) is 39.2 Å². The monoisotopic (exact) mass is 1190 g/mol. The Kier molecular flexibility index (Phi) is 21.4. The van der Waals surface area contributed by atoms with Crippen LogP contribution < -0.4 is 58.3 Å². The number of nitrogens with zero attached hydrogens (tertiary/aromatic N) is 6. The molecule has 8 aromatic rings. The van der Waals surface area contributed by atoms with Crippen LogP contribution in [0.4, 0.5) is 32.6 Å². The Bertz CT molecular complexity index is 3470. The number of methoxy groups -OCH3 is 4. The average Bonchev–Trinajstić information content (AvgIpc) is 4.17. The molecule has 10 rings (SSSR count). The highest BCUT2D eigenvalue weighted by Gasteiger charge is 2.37. The first kappa shape index (κ1) is 62.9. The lowest BCUT2D eigenvalue weighted by Gasteiger charge is -2.35. The van der Waals surface area contributed by atoms with Crippen LogP contribution in [0.5, 0.6) is 57.5 Å². The van der Waals surface area contributed by atoms with E-state index in [1.54, 1.807) is 119 Å². The van der Waals surface area contributed by atoms with Crippen molar-refractivity contribution in [3.63, 3.8) is 0 Å². The van der Waals surface area contributed by atoms with Gasteiger partial charge in [-0.1, -0.05) is 31.1 Å². The van der Waals surface area contributed by atoms with E-state index in [1.807, 2.05) is 12.1 Å². The number of aliphatic hydroxyl groups excluding tert-OH is 2. The zero-order valence-corrected chi connectivity index (χ0v) is 49.5. The summed E-state index contributed by atoms with van der Waals surface area (Å²) in [6, 6.07) is 23.7. The van der Waals surface area contributed by atoms with E-state index >= 15 is 0 Å². The topological polar surface area (TPSA) is 266 Å². The lowest BCUT2D eigenvalue weighted by Crippen LogP contribution is -2.40. The molecule has 4 aromatic heterocycles. The number of nitrogens with one attached hydrogen (secondary N) is 2. The quantitative estimate of drug-likeness (QED) is 0.0737. The highest BCUT2D eigenvalue weighted by atomic mass is 35.5. The number of pyridine rings is 2. The molecule has 0 bridgehead atoms. The van der Waals surface area contributed by atoms with Crippen LogP contribution in [0.15, 0.2) is 106 Å². The Morgan fingerprint density at radius 2 is 1.02 bits per heavy atom. The number of anilines is 4. The molecule has 0 unspecified atom stereocenters. The number of aliphatic hydroxyl groups is 2. The summed E-state index contributed by atoms with van der Waals surface area (Å²) in [5, 5.41) is 31.5. The van der Waals surface area contributed by atoms with Gasteiger partial charge in [0.2, 0.25) is 0 Å². The molecular formula is C56H66Cl2N8O15Si. The lowest BCUT2D eigenvalue weighted by atomic mass is 10.1. The Hall–Kier alpha value is -8.26. The van der Waals surface area contributed by atoms with Crippen molar-refractivity contribution in [2.24, 2.45) is 0 Å². The van der Waals surface area contributed by atoms with Crippen LogP contribution in [-0.4, -0.2) is 112 Å². The Labute approximate surface area is 486 Å². The third-order valence-electron chi connectivity index (χ3n) is 13.1. The summed E-state index contributed by atoms with van der Waals surface area (Å²) in [5.41, 5.74) is 2.58. The highest BCUT2D eigenvalue weighted by molar-refractivity contribution is 6.74. The Balaban J connectivity index is 0.000000249. The number of urea groups is 2. The van der Waals surface area contributed by atoms with Crippen LogP contribution >= 0.6 is 24.8 Å². The molecule has 26 heteroatoms. The van der Waals surface area contributed by atoms with Crippen LogP contribution in [0.2, 0.25) is 18.1 Å². The molecule has 2 aliphatic rings. The van der Waals surface area contributed by atoms with Gasteiger partial charge in [0.15, 0.2) is 54.5 Å². The van der Waals surface area contributed by atoms with E-state index in [4.69, 9.17) is 61.6 Å². The van der Waals surface area contributed by atoms with Gasteiger partial charge < -0.3 is 61.6 Å². The van der Waals surface area contributed by atoms with E-state index < -0.39 is 14.3 Å². The fourth-order valence-corrected chi connectivity index (χ4v) is 8.92. The van der Waals surface area contributed by atoms with Crippen molar-refractivity contribution in [3.05, 3.63) is 109 Å². The first-order valence-corrected chi connectivity index (χ1v) is 28.3. The highest BCUT2D eigenvalue weighted by Crippen LogP contribution is 2.43. The van der Waals surface area contributed by atoms with Crippen LogP contribution in [0.3, 0.4) is 0 Å². The number of carbonyl (C=O) groups excluding carboxylic acids is 2. The average molecular weight is 1190 g/mol. The summed E-state index contributed by atoms with van der Waals surface area (Å²) in [7, 11) is 4.34. The van der Waals surface area contributed by atoms with Gasteiger partial charge in [-0.05, 0) is 73.6 Å². The molecule has 4 aromatic carbocycles. The Morgan fingerprint density at radius 3 is 1.43 bits per heavy atom. The summed E-state index contributed by atoms with van der Waals surface area (Å²) >= 11 is 0. The second kappa shape index (κ2) is 27.9. The summed E-state index contributed by atoms with van der Waals surface area (Å²) in [6.45, 7) is 14.1. The molecule has 4 amide bonds. The third-order valence-corrected chi connectivity index (χ3v) is 17.6. The fourth-order valence-electron chi connectivity index (χ4n) is 7.98. The number of ether oxygens (including phenoxy) is 8. The fraction of sp³-hybridized carbons (Fsp3) is 0.321. The van der Waals surface area contributed by atoms with Gasteiger partial charge in [-0.25, -0.2) is 9.59 Å². The molecule has 4 N–H and O–H groups in total. The van der Waals surface area contributed by atoms with Crippen molar-refractivity contribution in [3.8, 4) is 57.5 Å². The van der Waals surface area contributed by atoms with Gasteiger partial charge in [0.05, 0.1) is 70.5 Å². The number of rotatable bonds is 14. The number of aromatic nitrogens is 4. The van der Waals surface area contributed by atoms with Gasteiger partial charge in [0, 0.05) is 66.2 Å². The van der Waals surface area contributed by atoms with Crippen LogP contribution in [0.25, 0.3) is 21.8 Å². The smallest absolute Gasteiger partial charge is 0.327 e. The maximum atomic E-state index is 13.2. The molecule has 438 valence electrons. The van der Waals surface area contributed by atoms with E-state index in [0.29, 0.717) is 124 Å². The normalized spacial score (nSPS) is 12.4. The van der Waals surface area contributed by atoms with E-state index in [9.17, 15) is 9.59 Å². The molecule has 23 nitrogen and oxygen atoms in total. The first-order chi connectivity index (χ1) is 38.5. The number of hydrogen-bond donors (Lipinski definition) is 4. The second-order valence-electron chi connectivity index (χ2n) is 19.3. The van der Waals surface area contributed by atoms with Crippen molar-refractivity contribution in [1.29, 1.82) is 0 Å². The SMILES string of the molecule is CCO.COc1cc2nccc(Oc3ccc4c(c3)OCCN4C(=O)Nc3cc(CO)on3)c2cc1OC.COc1cc2nccc(Oc3ccc4c(c3)OCCN4C(=O)Nc3cc(CO[Si](C)(C)C(C)(C)C)on3)c2cc1OC.Cl.Cl. The predicted octanol–water partition coefficient (Wildman–Crippen LogP) is 11.8. The standard InChI is InChI=1S/C30H36N4O7Si.C24H22N4O7.C2H6O.2ClH/c1-30(2,3)42(6,7)39-18-20-15-28(33-41-20)32-29(35)34-12-13-38-25-14-19(8-9-23(25)34)40-24-10-11-31-22-17-27(37-5)26(36-4)16-21(22)24;1-31-21-11-16-17(12-22(21)32-2)25-6-5-19(16)34-14-3-4-18-20(9-14)33-8-7-28(18)24(30)26-23-10-15(13-29)35-27-23;1-2-3;;/h8-11,14-17H,12-13,18H2,1-7H3,(H,32,33,35);3-6,9-12,29H,7-8,13H2,1-2H3,(H,26,27,30);3H,2H2,1H3;2*1H. The van der Waals surface area contributed by atoms with Gasteiger partial charge in [-0.15, -0.1) is 24.8 Å². The van der Waals surface area contributed by atoms with E-state index in [-0.39, 0.29) is 60.7 Å². The molecule has 0 saturated carbocycles. The van der Waals surface area contributed by atoms with Gasteiger partial charge in [-0.2, -0.15) is 0 Å². The van der Waals surface area contributed by atoms with Crippen LogP contribution in [0, 0.1) is 0 Å². The zero-order valence-electron chi connectivity index (χ0n) is 46.9. The lowest BCUT2D eigenvalue weighted by molar-refractivity contribution is 0.229. The summed E-state index contributed by atoms with van der Waals surface area (Å²) in [5.74, 6) is 6.88. The molecule has 0 saturated heterocycles. The summed E-state index contributed by atoms with van der Waals surface area (Å²) in [4.78, 5) is 38.0. The van der Waals surface area contributed by atoms with Crippen molar-refractivity contribution < 1.29 is 71.2 Å².